The van der Waals surface area contributed by atoms with Crippen molar-refractivity contribution in [2.75, 3.05) is 11.1 Å². The maximum absolute atomic E-state index is 6.03. The maximum Gasteiger partial charge on any atom is 0.0494 e. The summed E-state index contributed by atoms with van der Waals surface area (Å²) in [5.74, 6) is 0. The molecule has 20 heavy (non-hydrogen) atoms. The molecule has 1 unspecified atom stereocenters. The number of fused-ring (bicyclic) bond motifs is 1. The minimum absolute atomic E-state index is 0.265. The van der Waals surface area contributed by atoms with E-state index in [0.717, 1.165) is 27.8 Å². The third-order valence-corrected chi connectivity index (χ3v) is 4.19. The first-order valence-corrected chi connectivity index (χ1v) is 7.53. The molecule has 0 fully saturated rings. The zero-order valence-electron chi connectivity index (χ0n) is 11.6. The highest BCUT2D eigenvalue weighted by Gasteiger charge is 2.10. The number of aromatic nitrogens is 1. The van der Waals surface area contributed by atoms with E-state index in [4.69, 9.17) is 5.73 Å². The minimum Gasteiger partial charge on any atom is -0.398 e. The number of nitrogens with two attached hydrogens (primary N) is 1. The van der Waals surface area contributed by atoms with Gasteiger partial charge in [-0.2, -0.15) is 11.3 Å². The summed E-state index contributed by atoms with van der Waals surface area (Å²) in [5.41, 5.74) is 10.2. The number of nitrogens with zero attached hydrogens (tertiary/aromatic N) is 1. The molecule has 3 aromatic rings. The molecule has 0 aliphatic carbocycles. The molecule has 0 amide bonds. The van der Waals surface area contributed by atoms with Gasteiger partial charge in [0.15, 0.2) is 0 Å². The summed E-state index contributed by atoms with van der Waals surface area (Å²) in [6.07, 6.45) is 1.85. The molecule has 0 radical (unpaired) electrons. The van der Waals surface area contributed by atoms with Gasteiger partial charge in [-0.05, 0) is 54.4 Å². The van der Waals surface area contributed by atoms with Gasteiger partial charge in [-0.3, -0.25) is 4.98 Å². The molecule has 0 saturated heterocycles. The lowest BCUT2D eigenvalue weighted by molar-refractivity contribution is 0.892. The molecule has 0 bridgehead atoms. The standard InChI is InChI=1S/C16H17N3S/c1-10-7-13-14(8-18-10)15(17)3-4-16(13)19-11(2)12-5-6-20-9-12/h3-9,11,19H,17H2,1-2H3. The Hall–Kier alpha value is -2.07. The van der Waals surface area contributed by atoms with Gasteiger partial charge in [0.2, 0.25) is 0 Å². The van der Waals surface area contributed by atoms with E-state index in [0.29, 0.717) is 0 Å². The summed E-state index contributed by atoms with van der Waals surface area (Å²) < 4.78 is 0. The summed E-state index contributed by atoms with van der Waals surface area (Å²) in [5, 5.41) is 9.96. The number of nitrogens with one attached hydrogen (secondary N) is 1. The van der Waals surface area contributed by atoms with Crippen LogP contribution >= 0.6 is 11.3 Å². The minimum atomic E-state index is 0.265. The van der Waals surface area contributed by atoms with E-state index < -0.39 is 0 Å². The second kappa shape index (κ2) is 5.13. The third-order valence-electron chi connectivity index (χ3n) is 3.49. The number of pyridine rings is 1. The van der Waals surface area contributed by atoms with E-state index in [1.54, 1.807) is 11.3 Å². The van der Waals surface area contributed by atoms with Crippen LogP contribution in [0.3, 0.4) is 0 Å². The SMILES string of the molecule is Cc1cc2c(NC(C)c3ccsc3)ccc(N)c2cn1. The summed E-state index contributed by atoms with van der Waals surface area (Å²) in [4.78, 5) is 4.33. The fourth-order valence-corrected chi connectivity index (χ4v) is 3.08. The Labute approximate surface area is 122 Å². The van der Waals surface area contributed by atoms with Crippen molar-refractivity contribution in [2.24, 2.45) is 0 Å². The zero-order valence-corrected chi connectivity index (χ0v) is 12.4. The van der Waals surface area contributed by atoms with Crippen LogP contribution in [0.5, 0.6) is 0 Å². The zero-order chi connectivity index (χ0) is 14.1. The molecule has 3 rings (SSSR count). The molecule has 0 aliphatic rings. The normalized spacial score (nSPS) is 12.5. The van der Waals surface area contributed by atoms with E-state index >= 15 is 0 Å². The van der Waals surface area contributed by atoms with Crippen molar-refractivity contribution in [2.45, 2.75) is 19.9 Å². The van der Waals surface area contributed by atoms with Crippen LogP contribution in [-0.2, 0) is 0 Å². The first-order valence-electron chi connectivity index (χ1n) is 6.58. The van der Waals surface area contributed by atoms with E-state index in [-0.39, 0.29) is 6.04 Å². The van der Waals surface area contributed by atoms with E-state index in [1.807, 2.05) is 25.3 Å². The largest absolute Gasteiger partial charge is 0.398 e. The van der Waals surface area contributed by atoms with Gasteiger partial charge in [0.1, 0.15) is 0 Å². The summed E-state index contributed by atoms with van der Waals surface area (Å²) in [7, 11) is 0. The van der Waals surface area contributed by atoms with Gasteiger partial charge in [0.05, 0.1) is 0 Å². The average Bonchev–Trinajstić information content (AvgIpc) is 2.96. The molecule has 1 atom stereocenters. The van der Waals surface area contributed by atoms with Gasteiger partial charge < -0.3 is 11.1 Å². The topological polar surface area (TPSA) is 50.9 Å². The van der Waals surface area contributed by atoms with Crippen LogP contribution in [-0.4, -0.2) is 4.98 Å². The van der Waals surface area contributed by atoms with E-state index in [2.05, 4.69) is 40.1 Å². The van der Waals surface area contributed by atoms with Crippen LogP contribution in [0, 0.1) is 6.92 Å². The van der Waals surface area contributed by atoms with Crippen LogP contribution < -0.4 is 11.1 Å². The van der Waals surface area contributed by atoms with Crippen LogP contribution in [0.15, 0.2) is 41.2 Å². The van der Waals surface area contributed by atoms with Crippen LogP contribution in [0.2, 0.25) is 0 Å². The maximum atomic E-state index is 6.03. The van der Waals surface area contributed by atoms with E-state index in [9.17, 15) is 0 Å². The van der Waals surface area contributed by atoms with Crippen LogP contribution in [0.1, 0.15) is 24.2 Å². The molecule has 3 nitrogen and oxygen atoms in total. The van der Waals surface area contributed by atoms with Crippen molar-refractivity contribution in [3.8, 4) is 0 Å². The fourth-order valence-electron chi connectivity index (χ4n) is 2.33. The van der Waals surface area contributed by atoms with Gasteiger partial charge in [0, 0.05) is 40.1 Å². The van der Waals surface area contributed by atoms with Gasteiger partial charge in [-0.25, -0.2) is 0 Å². The highest BCUT2D eigenvalue weighted by molar-refractivity contribution is 7.08. The van der Waals surface area contributed by atoms with Gasteiger partial charge in [-0.15, -0.1) is 0 Å². The molecule has 3 N–H and O–H groups in total. The van der Waals surface area contributed by atoms with Crippen molar-refractivity contribution >= 4 is 33.5 Å². The summed E-state index contributed by atoms with van der Waals surface area (Å²) >= 11 is 1.72. The van der Waals surface area contributed by atoms with Crippen LogP contribution in [0.4, 0.5) is 11.4 Å². The molecule has 2 heterocycles. The van der Waals surface area contributed by atoms with E-state index in [1.165, 1.54) is 5.56 Å². The lowest BCUT2D eigenvalue weighted by Crippen LogP contribution is -2.06. The van der Waals surface area contributed by atoms with Crippen LogP contribution in [0.25, 0.3) is 10.8 Å². The molecule has 2 aromatic heterocycles. The highest BCUT2D eigenvalue weighted by atomic mass is 32.1. The Morgan fingerprint density at radius 2 is 2.10 bits per heavy atom. The van der Waals surface area contributed by atoms with Crippen molar-refractivity contribution in [1.29, 1.82) is 0 Å². The average molecular weight is 283 g/mol. The predicted octanol–water partition coefficient (Wildman–Crippen LogP) is 4.36. The summed E-state index contributed by atoms with van der Waals surface area (Å²) in [6.45, 7) is 4.16. The van der Waals surface area contributed by atoms with Crippen molar-refractivity contribution in [1.82, 2.24) is 4.98 Å². The highest BCUT2D eigenvalue weighted by Crippen LogP contribution is 2.31. The van der Waals surface area contributed by atoms with Crippen molar-refractivity contribution < 1.29 is 0 Å². The quantitative estimate of drug-likeness (QED) is 0.702. The molecule has 0 aliphatic heterocycles. The van der Waals surface area contributed by atoms with Gasteiger partial charge in [0.25, 0.3) is 0 Å². The van der Waals surface area contributed by atoms with Crippen molar-refractivity contribution in [3.05, 3.63) is 52.5 Å². The number of thiophene rings is 1. The second-order valence-electron chi connectivity index (χ2n) is 5.00. The Balaban J connectivity index is 2.03. The van der Waals surface area contributed by atoms with Gasteiger partial charge >= 0.3 is 0 Å². The molecule has 4 heteroatoms. The third kappa shape index (κ3) is 2.34. The first kappa shape index (κ1) is 12.9. The van der Waals surface area contributed by atoms with Gasteiger partial charge in [-0.1, -0.05) is 0 Å². The monoisotopic (exact) mass is 283 g/mol. The number of hydrogen-bond donors (Lipinski definition) is 2. The lowest BCUT2D eigenvalue weighted by atomic mass is 10.1. The molecular weight excluding hydrogens is 266 g/mol. The lowest BCUT2D eigenvalue weighted by Gasteiger charge is -2.17. The smallest absolute Gasteiger partial charge is 0.0494 e. The Morgan fingerprint density at radius 1 is 1.25 bits per heavy atom. The molecule has 0 saturated carbocycles. The summed E-state index contributed by atoms with van der Waals surface area (Å²) in [6, 6.07) is 8.46. The Kier molecular flexibility index (Phi) is 3.32. The van der Waals surface area contributed by atoms with Crippen molar-refractivity contribution in [3.63, 3.8) is 0 Å². The number of nitrogen functional groups attached to an aromatic ring is 1. The second-order valence-corrected chi connectivity index (χ2v) is 5.78. The molecular formula is C16H17N3S. The Morgan fingerprint density at radius 3 is 2.85 bits per heavy atom. The number of aryl methyl sites for hydroxylation is 1. The molecule has 102 valence electrons. The molecule has 0 spiro atoms. The number of benzene rings is 1. The number of anilines is 2. The number of rotatable bonds is 3. The number of hydrogen-bond acceptors (Lipinski definition) is 4. The fraction of sp³-hybridized carbons (Fsp3) is 0.188. The predicted molar refractivity (Wildman–Crippen MR) is 87.2 cm³/mol. The first-order chi connectivity index (χ1) is 9.65. The Bertz CT molecular complexity index is 735. The molecule has 1 aromatic carbocycles.